The summed E-state index contributed by atoms with van der Waals surface area (Å²) in [6.45, 7) is 5.55. The Kier molecular flexibility index (Phi) is 5.64. The first-order valence-electron chi connectivity index (χ1n) is 6.65. The lowest BCUT2D eigenvalue weighted by Gasteiger charge is -2.29. The Morgan fingerprint density at radius 3 is 2.48 bits per heavy atom. The first-order chi connectivity index (χ1) is 9.70. The fourth-order valence-electron chi connectivity index (χ4n) is 1.74. The Hall–Kier alpha value is -2.17. The molecule has 114 valence electrons. The molecule has 0 spiro atoms. The first-order valence-corrected chi connectivity index (χ1v) is 6.65. The van der Waals surface area contributed by atoms with E-state index in [1.165, 1.54) is 18.2 Å². The molecule has 4 nitrogen and oxygen atoms in total. The minimum Gasteiger partial charge on any atom is -0.481 e. The Morgan fingerprint density at radius 1 is 1.33 bits per heavy atom. The maximum Gasteiger partial charge on any atom is 0.305 e. The highest BCUT2D eigenvalue weighted by atomic mass is 19.1. The fourth-order valence-corrected chi connectivity index (χ4v) is 1.74. The number of carbonyl (C=O) groups excluding carboxylic acids is 1. The van der Waals surface area contributed by atoms with Gasteiger partial charge in [-0.05, 0) is 17.6 Å². The van der Waals surface area contributed by atoms with Gasteiger partial charge in [0.25, 0.3) is 0 Å². The Balaban J connectivity index is 2.75. The minimum absolute atomic E-state index is 0.164. The number of rotatable bonds is 5. The van der Waals surface area contributed by atoms with Crippen molar-refractivity contribution >= 4 is 18.0 Å². The summed E-state index contributed by atoms with van der Waals surface area (Å²) in [6.07, 6.45) is 2.41. The van der Waals surface area contributed by atoms with Gasteiger partial charge in [-0.1, -0.05) is 39.0 Å². The molecule has 0 aliphatic heterocycles. The number of carbonyl (C=O) groups is 2. The molecule has 1 aromatic rings. The van der Waals surface area contributed by atoms with Gasteiger partial charge in [0.1, 0.15) is 5.82 Å². The molecule has 0 radical (unpaired) electrons. The van der Waals surface area contributed by atoms with Gasteiger partial charge in [-0.2, -0.15) is 0 Å². The number of nitrogens with one attached hydrogen (secondary N) is 1. The van der Waals surface area contributed by atoms with Crippen LogP contribution in [0.5, 0.6) is 0 Å². The van der Waals surface area contributed by atoms with E-state index in [1.807, 2.05) is 20.8 Å². The molecular formula is C16H20FNO3. The van der Waals surface area contributed by atoms with Crippen LogP contribution in [0.15, 0.2) is 30.3 Å². The Labute approximate surface area is 123 Å². The molecule has 1 unspecified atom stereocenters. The van der Waals surface area contributed by atoms with Crippen LogP contribution in [-0.2, 0) is 9.59 Å². The molecule has 0 aromatic heterocycles. The quantitative estimate of drug-likeness (QED) is 0.820. The molecule has 0 fully saturated rings. The normalized spacial score (nSPS) is 13.1. The van der Waals surface area contributed by atoms with Crippen LogP contribution in [0.4, 0.5) is 4.39 Å². The van der Waals surface area contributed by atoms with E-state index in [9.17, 15) is 14.0 Å². The highest BCUT2D eigenvalue weighted by molar-refractivity contribution is 5.92. The zero-order valence-corrected chi connectivity index (χ0v) is 12.4. The number of benzene rings is 1. The lowest BCUT2D eigenvalue weighted by molar-refractivity contribution is -0.138. The van der Waals surface area contributed by atoms with Crippen LogP contribution in [0.2, 0.25) is 0 Å². The molecule has 0 bridgehead atoms. The second-order valence-corrected chi connectivity index (χ2v) is 5.88. The second-order valence-electron chi connectivity index (χ2n) is 5.88. The van der Waals surface area contributed by atoms with Crippen molar-refractivity contribution in [2.45, 2.75) is 33.2 Å². The Bertz CT molecular complexity index is 547. The number of hydrogen-bond acceptors (Lipinski definition) is 2. The van der Waals surface area contributed by atoms with E-state index in [0.717, 1.165) is 0 Å². The molecule has 0 saturated heterocycles. The van der Waals surface area contributed by atoms with E-state index in [4.69, 9.17) is 5.11 Å². The van der Waals surface area contributed by atoms with Gasteiger partial charge in [0.15, 0.2) is 0 Å². The number of carboxylic acid groups (broad SMARTS) is 1. The van der Waals surface area contributed by atoms with E-state index in [2.05, 4.69) is 5.32 Å². The molecule has 0 aliphatic rings. The topological polar surface area (TPSA) is 66.4 Å². The van der Waals surface area contributed by atoms with Crippen molar-refractivity contribution in [3.63, 3.8) is 0 Å². The fraction of sp³-hybridized carbons (Fsp3) is 0.375. The Morgan fingerprint density at radius 2 is 1.95 bits per heavy atom. The molecule has 5 heteroatoms. The van der Waals surface area contributed by atoms with Gasteiger partial charge in [0.05, 0.1) is 6.42 Å². The van der Waals surface area contributed by atoms with E-state index < -0.39 is 23.7 Å². The number of halogens is 1. The van der Waals surface area contributed by atoms with Gasteiger partial charge >= 0.3 is 5.97 Å². The van der Waals surface area contributed by atoms with Gasteiger partial charge < -0.3 is 10.4 Å². The van der Waals surface area contributed by atoms with Crippen molar-refractivity contribution < 1.29 is 19.1 Å². The average molecular weight is 293 g/mol. The van der Waals surface area contributed by atoms with Crippen LogP contribution < -0.4 is 5.32 Å². The van der Waals surface area contributed by atoms with Crippen LogP contribution in [0, 0.1) is 11.2 Å². The lowest BCUT2D eigenvalue weighted by atomic mass is 9.84. The van der Waals surface area contributed by atoms with Crippen LogP contribution >= 0.6 is 0 Å². The van der Waals surface area contributed by atoms with Crippen molar-refractivity contribution in [2.75, 3.05) is 0 Å². The number of aliphatic carboxylic acids is 1. The summed E-state index contributed by atoms with van der Waals surface area (Å²) in [5.41, 5.74) is -0.0851. The summed E-state index contributed by atoms with van der Waals surface area (Å²) in [6, 6.07) is 5.59. The smallest absolute Gasteiger partial charge is 0.305 e. The molecule has 1 amide bonds. The van der Waals surface area contributed by atoms with Gasteiger partial charge in [0, 0.05) is 17.7 Å². The van der Waals surface area contributed by atoms with Crippen molar-refractivity contribution in [3.05, 3.63) is 41.7 Å². The van der Waals surface area contributed by atoms with E-state index >= 15 is 0 Å². The van der Waals surface area contributed by atoms with Gasteiger partial charge in [-0.25, -0.2) is 4.39 Å². The average Bonchev–Trinajstić information content (AvgIpc) is 2.35. The first kappa shape index (κ1) is 16.9. The predicted octanol–water partition coefficient (Wildman–Crippen LogP) is 2.84. The lowest BCUT2D eigenvalue weighted by Crippen LogP contribution is -2.44. The molecular weight excluding hydrogens is 273 g/mol. The summed E-state index contributed by atoms with van der Waals surface area (Å²) in [5, 5.41) is 11.5. The predicted molar refractivity (Wildman–Crippen MR) is 79.1 cm³/mol. The SMILES string of the molecule is CC(C)(C)C(CC(=O)O)NC(=O)/C=C/c1ccccc1F. The summed E-state index contributed by atoms with van der Waals surface area (Å²) < 4.78 is 13.4. The van der Waals surface area contributed by atoms with Gasteiger partial charge in [0.2, 0.25) is 5.91 Å². The zero-order valence-electron chi connectivity index (χ0n) is 12.4. The number of amides is 1. The standard InChI is InChI=1S/C16H20FNO3/c1-16(2,3)13(10-15(20)21)18-14(19)9-8-11-6-4-5-7-12(11)17/h4-9,13H,10H2,1-3H3,(H,18,19)(H,20,21)/b9-8+. The third kappa shape index (κ3) is 5.77. The van der Waals surface area contributed by atoms with Crippen LogP contribution in [-0.4, -0.2) is 23.0 Å². The summed E-state index contributed by atoms with van der Waals surface area (Å²) in [4.78, 5) is 22.7. The van der Waals surface area contributed by atoms with Crippen LogP contribution in [0.25, 0.3) is 6.08 Å². The minimum atomic E-state index is -0.978. The van der Waals surface area contributed by atoms with E-state index in [1.54, 1.807) is 18.2 Å². The number of carboxylic acids is 1. The van der Waals surface area contributed by atoms with Gasteiger partial charge in [-0.15, -0.1) is 0 Å². The largest absolute Gasteiger partial charge is 0.481 e. The third-order valence-corrected chi connectivity index (χ3v) is 3.06. The molecule has 1 aromatic carbocycles. The number of hydrogen-bond donors (Lipinski definition) is 2. The van der Waals surface area contributed by atoms with Crippen molar-refractivity contribution in [1.82, 2.24) is 5.32 Å². The van der Waals surface area contributed by atoms with Crippen LogP contribution in [0.1, 0.15) is 32.8 Å². The van der Waals surface area contributed by atoms with E-state index in [0.29, 0.717) is 5.56 Å². The second kappa shape index (κ2) is 7.02. The van der Waals surface area contributed by atoms with Crippen molar-refractivity contribution in [3.8, 4) is 0 Å². The molecule has 0 saturated carbocycles. The molecule has 1 rings (SSSR count). The monoisotopic (exact) mass is 293 g/mol. The maximum atomic E-state index is 13.4. The summed E-state index contributed by atoms with van der Waals surface area (Å²) in [5.74, 6) is -1.84. The third-order valence-electron chi connectivity index (χ3n) is 3.06. The summed E-state index contributed by atoms with van der Waals surface area (Å²) in [7, 11) is 0. The van der Waals surface area contributed by atoms with Crippen molar-refractivity contribution in [1.29, 1.82) is 0 Å². The maximum absolute atomic E-state index is 13.4. The molecule has 1 atom stereocenters. The zero-order chi connectivity index (χ0) is 16.0. The molecule has 2 N–H and O–H groups in total. The molecule has 0 aliphatic carbocycles. The molecule has 21 heavy (non-hydrogen) atoms. The van der Waals surface area contributed by atoms with Crippen LogP contribution in [0.3, 0.4) is 0 Å². The van der Waals surface area contributed by atoms with Gasteiger partial charge in [-0.3, -0.25) is 9.59 Å². The summed E-state index contributed by atoms with van der Waals surface area (Å²) >= 11 is 0. The highest BCUT2D eigenvalue weighted by Gasteiger charge is 2.27. The van der Waals surface area contributed by atoms with Crippen molar-refractivity contribution in [2.24, 2.45) is 5.41 Å². The molecule has 0 heterocycles. The van der Waals surface area contributed by atoms with E-state index in [-0.39, 0.29) is 11.8 Å². The highest BCUT2D eigenvalue weighted by Crippen LogP contribution is 2.22.